The standard InChI is InChI=1S/C14H6ClF4NO2S/c15-7-2-1-3-10(22-14(17,18)19)12(7)6-4-11-9(5-8(6)16)20-13(21)23-11/h1-5H,(H,20,21). The van der Waals surface area contributed by atoms with Crippen molar-refractivity contribution < 1.29 is 22.3 Å². The highest BCUT2D eigenvalue weighted by Crippen LogP contribution is 2.41. The maximum atomic E-state index is 14.3. The first-order valence-corrected chi connectivity index (χ1v) is 7.31. The van der Waals surface area contributed by atoms with E-state index in [-0.39, 0.29) is 21.7 Å². The molecule has 0 aliphatic rings. The van der Waals surface area contributed by atoms with E-state index in [0.29, 0.717) is 4.70 Å². The molecule has 3 aromatic rings. The zero-order valence-corrected chi connectivity index (χ0v) is 12.6. The molecule has 120 valence electrons. The van der Waals surface area contributed by atoms with Crippen LogP contribution in [0.3, 0.4) is 0 Å². The number of aromatic amines is 1. The molecule has 0 fully saturated rings. The van der Waals surface area contributed by atoms with Crippen LogP contribution in [0.25, 0.3) is 21.3 Å². The van der Waals surface area contributed by atoms with Gasteiger partial charge in [-0.15, -0.1) is 13.2 Å². The van der Waals surface area contributed by atoms with Crippen LogP contribution in [0.5, 0.6) is 5.75 Å². The van der Waals surface area contributed by atoms with Crippen LogP contribution >= 0.6 is 22.9 Å². The number of rotatable bonds is 2. The molecule has 0 saturated carbocycles. The smallest absolute Gasteiger partial charge is 0.405 e. The molecule has 1 N–H and O–H groups in total. The lowest BCUT2D eigenvalue weighted by Gasteiger charge is -2.15. The SMILES string of the molecule is O=c1[nH]c2cc(F)c(-c3c(Cl)cccc3OC(F)(F)F)cc2s1. The summed E-state index contributed by atoms with van der Waals surface area (Å²) < 4.78 is 56.2. The van der Waals surface area contributed by atoms with E-state index < -0.39 is 22.8 Å². The van der Waals surface area contributed by atoms with Crippen molar-refractivity contribution in [2.24, 2.45) is 0 Å². The van der Waals surface area contributed by atoms with E-state index in [1.54, 1.807) is 0 Å². The summed E-state index contributed by atoms with van der Waals surface area (Å²) in [6.07, 6.45) is -4.95. The predicted octanol–water partition coefficient (Wildman–Crippen LogP) is 4.95. The summed E-state index contributed by atoms with van der Waals surface area (Å²) in [5.74, 6) is -1.45. The average molecular weight is 364 g/mol. The first-order valence-electron chi connectivity index (χ1n) is 6.11. The Kier molecular flexibility index (Phi) is 3.81. The summed E-state index contributed by atoms with van der Waals surface area (Å²) in [5.41, 5.74) is -0.157. The summed E-state index contributed by atoms with van der Waals surface area (Å²) >= 11 is 6.75. The van der Waals surface area contributed by atoms with Gasteiger partial charge in [0.1, 0.15) is 11.6 Å². The summed E-state index contributed by atoms with van der Waals surface area (Å²) in [6.45, 7) is 0. The zero-order valence-electron chi connectivity index (χ0n) is 11.0. The van der Waals surface area contributed by atoms with Gasteiger partial charge in [0.2, 0.25) is 0 Å². The molecular weight excluding hydrogens is 358 g/mol. The fraction of sp³-hybridized carbons (Fsp3) is 0.0714. The Bertz CT molecular complexity index is 948. The topological polar surface area (TPSA) is 42.1 Å². The van der Waals surface area contributed by atoms with Gasteiger partial charge in [-0.2, -0.15) is 0 Å². The molecule has 9 heteroatoms. The third kappa shape index (κ3) is 3.18. The van der Waals surface area contributed by atoms with E-state index in [4.69, 9.17) is 11.6 Å². The van der Waals surface area contributed by atoms with Gasteiger partial charge in [0.15, 0.2) is 0 Å². The van der Waals surface area contributed by atoms with Gasteiger partial charge in [-0.25, -0.2) is 4.39 Å². The fourth-order valence-electron chi connectivity index (χ4n) is 2.14. The van der Waals surface area contributed by atoms with E-state index in [1.807, 2.05) is 0 Å². The predicted molar refractivity (Wildman–Crippen MR) is 79.5 cm³/mol. The molecule has 1 aromatic heterocycles. The minimum Gasteiger partial charge on any atom is -0.405 e. The van der Waals surface area contributed by atoms with Crippen molar-refractivity contribution in [1.29, 1.82) is 0 Å². The normalized spacial score (nSPS) is 11.9. The Labute approximate surface area is 135 Å². The maximum absolute atomic E-state index is 14.3. The van der Waals surface area contributed by atoms with Crippen molar-refractivity contribution in [1.82, 2.24) is 4.98 Å². The Morgan fingerprint density at radius 3 is 2.65 bits per heavy atom. The molecule has 0 unspecified atom stereocenters. The quantitative estimate of drug-likeness (QED) is 0.655. The van der Waals surface area contributed by atoms with Gasteiger partial charge < -0.3 is 9.72 Å². The fourth-order valence-corrected chi connectivity index (χ4v) is 3.16. The highest BCUT2D eigenvalue weighted by Gasteiger charge is 2.33. The molecule has 0 aliphatic heterocycles. The van der Waals surface area contributed by atoms with Crippen molar-refractivity contribution in [2.75, 3.05) is 0 Å². The molecule has 1 heterocycles. The summed E-state index contributed by atoms with van der Waals surface area (Å²) in [6, 6.07) is 5.92. The largest absolute Gasteiger partial charge is 0.573 e. The number of thiazole rings is 1. The number of nitrogens with one attached hydrogen (secondary N) is 1. The van der Waals surface area contributed by atoms with Crippen molar-refractivity contribution in [2.45, 2.75) is 6.36 Å². The van der Waals surface area contributed by atoms with Gasteiger partial charge in [0.05, 0.1) is 15.2 Å². The minimum atomic E-state index is -4.95. The second kappa shape index (κ2) is 5.54. The van der Waals surface area contributed by atoms with Crippen LogP contribution in [0.15, 0.2) is 35.1 Å². The lowest BCUT2D eigenvalue weighted by molar-refractivity contribution is -0.274. The maximum Gasteiger partial charge on any atom is 0.573 e. The van der Waals surface area contributed by atoms with Crippen molar-refractivity contribution >= 4 is 33.2 Å². The molecular formula is C14H6ClF4NO2S. The van der Waals surface area contributed by atoms with Gasteiger partial charge in [-0.3, -0.25) is 4.79 Å². The van der Waals surface area contributed by atoms with Gasteiger partial charge in [-0.05, 0) is 24.3 Å². The van der Waals surface area contributed by atoms with Gasteiger partial charge >= 0.3 is 11.2 Å². The average Bonchev–Trinajstić information content (AvgIpc) is 2.76. The highest BCUT2D eigenvalue weighted by atomic mass is 35.5. The van der Waals surface area contributed by atoms with Crippen LogP contribution in [0.2, 0.25) is 5.02 Å². The number of halogens is 5. The third-order valence-corrected chi connectivity index (χ3v) is 4.14. The number of benzene rings is 2. The molecule has 0 spiro atoms. The Morgan fingerprint density at radius 2 is 1.96 bits per heavy atom. The van der Waals surface area contributed by atoms with Gasteiger partial charge in [-0.1, -0.05) is 29.0 Å². The summed E-state index contributed by atoms with van der Waals surface area (Å²) in [4.78, 5) is 13.3. The number of aromatic nitrogens is 1. The third-order valence-electron chi connectivity index (χ3n) is 2.98. The molecule has 23 heavy (non-hydrogen) atoms. The molecule has 0 aliphatic carbocycles. The van der Waals surface area contributed by atoms with Crippen LogP contribution in [-0.2, 0) is 0 Å². The second-order valence-corrected chi connectivity index (χ2v) is 5.93. The van der Waals surface area contributed by atoms with Crippen molar-refractivity contribution in [3.63, 3.8) is 0 Å². The van der Waals surface area contributed by atoms with Crippen LogP contribution in [-0.4, -0.2) is 11.3 Å². The number of fused-ring (bicyclic) bond motifs is 1. The number of hydrogen-bond acceptors (Lipinski definition) is 3. The molecule has 3 rings (SSSR count). The summed E-state index contributed by atoms with van der Waals surface area (Å²) in [7, 11) is 0. The summed E-state index contributed by atoms with van der Waals surface area (Å²) in [5, 5.41) is -0.104. The molecule has 0 amide bonds. The lowest BCUT2D eigenvalue weighted by Crippen LogP contribution is -2.17. The second-order valence-electron chi connectivity index (χ2n) is 4.50. The monoisotopic (exact) mass is 363 g/mol. The first-order chi connectivity index (χ1) is 10.7. The molecule has 0 atom stereocenters. The van der Waals surface area contributed by atoms with Crippen LogP contribution < -0.4 is 9.61 Å². The zero-order chi connectivity index (χ0) is 16.8. The Hall–Kier alpha value is -2.06. The number of alkyl halides is 3. The van der Waals surface area contributed by atoms with E-state index in [2.05, 4.69) is 9.72 Å². The molecule has 3 nitrogen and oxygen atoms in total. The Morgan fingerprint density at radius 1 is 1.22 bits per heavy atom. The molecule has 0 radical (unpaired) electrons. The van der Waals surface area contributed by atoms with Crippen molar-refractivity contribution in [3.8, 4) is 16.9 Å². The molecule has 0 bridgehead atoms. The van der Waals surface area contributed by atoms with Crippen LogP contribution in [0.1, 0.15) is 0 Å². The van der Waals surface area contributed by atoms with Crippen LogP contribution in [0.4, 0.5) is 17.6 Å². The van der Waals surface area contributed by atoms with Gasteiger partial charge in [0, 0.05) is 11.1 Å². The number of H-pyrrole nitrogens is 1. The lowest BCUT2D eigenvalue weighted by atomic mass is 10.0. The first kappa shape index (κ1) is 15.8. The van der Waals surface area contributed by atoms with Crippen LogP contribution in [0, 0.1) is 5.82 Å². The number of hydrogen-bond donors (Lipinski definition) is 1. The van der Waals surface area contributed by atoms with E-state index in [9.17, 15) is 22.4 Å². The van der Waals surface area contributed by atoms with E-state index in [1.165, 1.54) is 18.2 Å². The van der Waals surface area contributed by atoms with Gasteiger partial charge in [0.25, 0.3) is 0 Å². The Balaban J connectivity index is 2.25. The molecule has 0 saturated heterocycles. The number of ether oxygens (including phenoxy) is 1. The van der Waals surface area contributed by atoms with E-state index >= 15 is 0 Å². The highest BCUT2D eigenvalue weighted by molar-refractivity contribution is 7.16. The minimum absolute atomic E-state index is 0.104. The molecule has 2 aromatic carbocycles. The van der Waals surface area contributed by atoms with Crippen molar-refractivity contribution in [3.05, 3.63) is 50.8 Å². The van der Waals surface area contributed by atoms with E-state index in [0.717, 1.165) is 23.5 Å².